The van der Waals surface area contributed by atoms with E-state index >= 15 is 0 Å². The molecule has 176 valence electrons. The van der Waals surface area contributed by atoms with Crippen LogP contribution in [-0.4, -0.2) is 24.1 Å². The molecule has 37 heavy (non-hydrogen) atoms. The van der Waals surface area contributed by atoms with Crippen molar-refractivity contribution in [2.75, 3.05) is 5.73 Å². The Hall–Kier alpha value is -5.47. The summed E-state index contributed by atoms with van der Waals surface area (Å²) in [6.07, 6.45) is 0. The molecule has 8 heteroatoms. The van der Waals surface area contributed by atoms with E-state index in [1.54, 1.807) is 4.57 Å². The second-order valence-corrected chi connectivity index (χ2v) is 8.74. The van der Waals surface area contributed by atoms with Gasteiger partial charge in [0.2, 0.25) is 0 Å². The van der Waals surface area contributed by atoms with E-state index in [-0.39, 0.29) is 11.4 Å². The van der Waals surface area contributed by atoms with E-state index in [1.165, 1.54) is 0 Å². The SMILES string of the molecule is Cc1ccc(-n2c(N)c(-c3nc4ccccc4n3Cc3ccccc3)c3nc(C#N)c(C#N)nc32)cc1. The van der Waals surface area contributed by atoms with Crippen LogP contribution in [-0.2, 0) is 6.54 Å². The minimum Gasteiger partial charge on any atom is -0.384 e. The summed E-state index contributed by atoms with van der Waals surface area (Å²) in [4.78, 5) is 14.1. The number of hydrogen-bond acceptors (Lipinski definition) is 6. The maximum atomic E-state index is 9.70. The molecule has 3 aromatic heterocycles. The van der Waals surface area contributed by atoms with Crippen molar-refractivity contribution in [3.05, 3.63) is 101 Å². The summed E-state index contributed by atoms with van der Waals surface area (Å²) in [6, 6.07) is 29.8. The van der Waals surface area contributed by atoms with E-state index in [9.17, 15) is 10.5 Å². The molecule has 0 bridgehead atoms. The Labute approximate surface area is 212 Å². The van der Waals surface area contributed by atoms with Crippen LogP contribution < -0.4 is 5.73 Å². The summed E-state index contributed by atoms with van der Waals surface area (Å²) >= 11 is 0. The van der Waals surface area contributed by atoms with Crippen LogP contribution in [0.1, 0.15) is 22.5 Å². The smallest absolute Gasteiger partial charge is 0.179 e. The summed E-state index contributed by atoms with van der Waals surface area (Å²) in [7, 11) is 0. The molecule has 0 amide bonds. The van der Waals surface area contributed by atoms with Gasteiger partial charge in [-0.25, -0.2) is 15.0 Å². The van der Waals surface area contributed by atoms with Gasteiger partial charge >= 0.3 is 0 Å². The van der Waals surface area contributed by atoms with Crippen LogP contribution >= 0.6 is 0 Å². The quantitative estimate of drug-likeness (QED) is 0.374. The number of aryl methyl sites for hydroxylation is 1. The minimum atomic E-state index is -0.0528. The van der Waals surface area contributed by atoms with Gasteiger partial charge in [-0.05, 0) is 36.8 Å². The van der Waals surface area contributed by atoms with E-state index in [0.29, 0.717) is 34.9 Å². The number of rotatable bonds is 4. The van der Waals surface area contributed by atoms with E-state index in [0.717, 1.165) is 27.8 Å². The average Bonchev–Trinajstić information content (AvgIpc) is 3.42. The summed E-state index contributed by atoms with van der Waals surface area (Å²) in [5.41, 5.74) is 12.8. The molecule has 3 aromatic carbocycles. The summed E-state index contributed by atoms with van der Waals surface area (Å²) in [5, 5.41) is 19.3. The zero-order chi connectivity index (χ0) is 25.5. The number of imidazole rings is 1. The fraction of sp³-hybridized carbons (Fsp3) is 0.0690. The predicted molar refractivity (Wildman–Crippen MR) is 142 cm³/mol. The van der Waals surface area contributed by atoms with Crippen LogP contribution in [0.2, 0.25) is 0 Å². The topological polar surface area (TPSA) is 122 Å². The molecule has 8 nitrogen and oxygen atoms in total. The Balaban J connectivity index is 1.71. The molecule has 0 aliphatic heterocycles. The van der Waals surface area contributed by atoms with Crippen LogP contribution in [0.4, 0.5) is 5.82 Å². The molecular weight excluding hydrogens is 460 g/mol. The molecule has 0 aliphatic rings. The van der Waals surface area contributed by atoms with Crippen LogP contribution in [0, 0.1) is 29.6 Å². The van der Waals surface area contributed by atoms with Gasteiger partial charge in [-0.3, -0.25) is 4.57 Å². The monoisotopic (exact) mass is 480 g/mol. The molecule has 0 saturated heterocycles. The van der Waals surface area contributed by atoms with E-state index in [1.807, 2.05) is 85.8 Å². The van der Waals surface area contributed by atoms with E-state index < -0.39 is 0 Å². The normalized spacial score (nSPS) is 11.0. The second-order valence-electron chi connectivity index (χ2n) is 8.74. The molecule has 0 radical (unpaired) electrons. The maximum absolute atomic E-state index is 9.70. The van der Waals surface area contributed by atoms with Crippen LogP contribution in [0.3, 0.4) is 0 Å². The molecule has 6 aromatic rings. The molecule has 0 aliphatic carbocycles. The molecular formula is C29H20N8. The highest BCUT2D eigenvalue weighted by atomic mass is 15.2. The minimum absolute atomic E-state index is 0.0507. The highest BCUT2D eigenvalue weighted by Gasteiger charge is 2.26. The van der Waals surface area contributed by atoms with Crippen molar-refractivity contribution < 1.29 is 0 Å². The molecule has 0 saturated carbocycles. The van der Waals surface area contributed by atoms with Crippen molar-refractivity contribution in [3.63, 3.8) is 0 Å². The van der Waals surface area contributed by atoms with Crippen molar-refractivity contribution >= 4 is 28.0 Å². The van der Waals surface area contributed by atoms with Gasteiger partial charge in [-0.15, -0.1) is 0 Å². The first-order valence-corrected chi connectivity index (χ1v) is 11.7. The molecule has 0 unspecified atom stereocenters. The van der Waals surface area contributed by atoms with Gasteiger partial charge in [-0.2, -0.15) is 10.5 Å². The van der Waals surface area contributed by atoms with Gasteiger partial charge in [0, 0.05) is 12.2 Å². The number of nitrogens with zero attached hydrogens (tertiary/aromatic N) is 7. The standard InChI is InChI=1S/C29H20N8/c1-18-11-13-20(14-12-18)37-27(32)25(26-29(37)35-23(16-31)22(15-30)33-26)28-34-21-9-5-6-10-24(21)36(28)17-19-7-3-2-4-8-19/h2-14H,17,32H2,1H3. The lowest BCUT2D eigenvalue weighted by atomic mass is 10.2. The first-order valence-electron chi connectivity index (χ1n) is 11.7. The van der Waals surface area contributed by atoms with E-state index in [2.05, 4.69) is 26.7 Å². The van der Waals surface area contributed by atoms with Crippen molar-refractivity contribution in [1.29, 1.82) is 10.5 Å². The lowest BCUT2D eigenvalue weighted by Crippen LogP contribution is -2.05. The third-order valence-electron chi connectivity index (χ3n) is 6.39. The number of aromatic nitrogens is 5. The van der Waals surface area contributed by atoms with Gasteiger partial charge in [0.05, 0.1) is 16.6 Å². The Bertz CT molecular complexity index is 1880. The first-order chi connectivity index (χ1) is 18.1. The highest BCUT2D eigenvalue weighted by Crippen LogP contribution is 2.39. The van der Waals surface area contributed by atoms with Crippen molar-refractivity contribution in [3.8, 4) is 29.2 Å². The first kappa shape index (κ1) is 22.0. The van der Waals surface area contributed by atoms with Gasteiger partial charge in [-0.1, -0.05) is 60.2 Å². The number of anilines is 1. The number of para-hydroxylation sites is 2. The van der Waals surface area contributed by atoms with Crippen molar-refractivity contribution in [1.82, 2.24) is 24.1 Å². The largest absolute Gasteiger partial charge is 0.384 e. The van der Waals surface area contributed by atoms with Gasteiger partial charge in [0.15, 0.2) is 17.0 Å². The average molecular weight is 481 g/mol. The molecule has 0 atom stereocenters. The van der Waals surface area contributed by atoms with Crippen molar-refractivity contribution in [2.45, 2.75) is 13.5 Å². The molecule has 0 fully saturated rings. The maximum Gasteiger partial charge on any atom is 0.179 e. The third-order valence-corrected chi connectivity index (χ3v) is 6.39. The van der Waals surface area contributed by atoms with Crippen molar-refractivity contribution in [2.24, 2.45) is 0 Å². The number of nitrogen functional groups attached to an aromatic ring is 1. The molecule has 3 heterocycles. The molecule has 0 spiro atoms. The van der Waals surface area contributed by atoms with Gasteiger partial charge in [0.1, 0.15) is 29.3 Å². The number of fused-ring (bicyclic) bond motifs is 2. The van der Waals surface area contributed by atoms with Crippen LogP contribution in [0.25, 0.3) is 39.3 Å². The highest BCUT2D eigenvalue weighted by molar-refractivity contribution is 6.00. The number of hydrogen-bond donors (Lipinski definition) is 1. The third kappa shape index (κ3) is 3.56. The number of nitrogens with two attached hydrogens (primary N) is 1. The van der Waals surface area contributed by atoms with Crippen LogP contribution in [0.15, 0.2) is 78.9 Å². The molecule has 6 rings (SSSR count). The van der Waals surface area contributed by atoms with Crippen LogP contribution in [0.5, 0.6) is 0 Å². The fourth-order valence-corrected chi connectivity index (χ4v) is 4.62. The zero-order valence-electron chi connectivity index (χ0n) is 19.9. The van der Waals surface area contributed by atoms with E-state index in [4.69, 9.17) is 10.7 Å². The lowest BCUT2D eigenvalue weighted by Gasteiger charge is -2.11. The van der Waals surface area contributed by atoms with Gasteiger partial charge < -0.3 is 10.3 Å². The predicted octanol–water partition coefficient (Wildman–Crippen LogP) is 5.12. The fourth-order valence-electron chi connectivity index (χ4n) is 4.62. The second kappa shape index (κ2) is 8.63. The van der Waals surface area contributed by atoms with Gasteiger partial charge in [0.25, 0.3) is 0 Å². The number of nitriles is 2. The molecule has 2 N–H and O–H groups in total. The summed E-state index contributed by atoms with van der Waals surface area (Å²) in [6.45, 7) is 2.56. The number of benzene rings is 3. The summed E-state index contributed by atoms with van der Waals surface area (Å²) < 4.78 is 3.87. The Morgan fingerprint density at radius 1 is 0.811 bits per heavy atom. The Kier molecular flexibility index (Phi) is 5.14. The zero-order valence-corrected chi connectivity index (χ0v) is 19.9. The lowest BCUT2D eigenvalue weighted by molar-refractivity contribution is 0.835. The Morgan fingerprint density at radius 3 is 2.22 bits per heavy atom. The summed E-state index contributed by atoms with van der Waals surface area (Å²) in [5.74, 6) is 0.990. The Morgan fingerprint density at radius 2 is 1.49 bits per heavy atom.